The van der Waals surface area contributed by atoms with Gasteiger partial charge in [0.2, 0.25) is 0 Å². The summed E-state index contributed by atoms with van der Waals surface area (Å²) in [5.41, 5.74) is 12.1. The van der Waals surface area contributed by atoms with E-state index < -0.39 is 15.7 Å². The van der Waals surface area contributed by atoms with Crippen LogP contribution in [0.1, 0.15) is 10.4 Å². The molecular formula is C11H16BrN3O3S. The average Bonchev–Trinajstić information content (AvgIpc) is 2.24. The number of anilines is 2. The lowest BCUT2D eigenvalue weighted by molar-refractivity contribution is 0.100. The smallest absolute Gasteiger partial charge is 0.250 e. The maximum atomic E-state index is 11.2. The number of carbonyl (C=O) groups excluding carboxylic acids is 1. The van der Waals surface area contributed by atoms with E-state index in [1.54, 1.807) is 24.1 Å². The van der Waals surface area contributed by atoms with Gasteiger partial charge in [-0.3, -0.25) is 4.79 Å². The first-order valence-corrected chi connectivity index (χ1v) is 8.25. The topological polar surface area (TPSA) is 106 Å². The molecule has 0 atom stereocenters. The molecule has 106 valence electrons. The number of amides is 1. The number of sulfone groups is 1. The van der Waals surface area contributed by atoms with E-state index in [0.29, 0.717) is 16.7 Å². The highest BCUT2D eigenvalue weighted by Crippen LogP contribution is 2.30. The van der Waals surface area contributed by atoms with Crippen LogP contribution in [0.3, 0.4) is 0 Å². The maximum absolute atomic E-state index is 11.2. The van der Waals surface area contributed by atoms with Gasteiger partial charge in [0.1, 0.15) is 9.84 Å². The molecule has 0 aromatic heterocycles. The van der Waals surface area contributed by atoms with Crippen LogP contribution in [0.5, 0.6) is 0 Å². The van der Waals surface area contributed by atoms with Crippen LogP contribution in [0, 0.1) is 0 Å². The fourth-order valence-electron chi connectivity index (χ4n) is 1.51. The first-order valence-electron chi connectivity index (χ1n) is 5.39. The Hall–Kier alpha value is -1.28. The summed E-state index contributed by atoms with van der Waals surface area (Å²) < 4.78 is 23.0. The minimum absolute atomic E-state index is 0.0201. The molecule has 0 fully saturated rings. The maximum Gasteiger partial charge on any atom is 0.250 e. The van der Waals surface area contributed by atoms with Crippen molar-refractivity contribution in [1.82, 2.24) is 0 Å². The van der Waals surface area contributed by atoms with Crippen molar-refractivity contribution >= 4 is 43.0 Å². The summed E-state index contributed by atoms with van der Waals surface area (Å²) in [6.07, 6.45) is 1.17. The van der Waals surface area contributed by atoms with Crippen LogP contribution in [0.2, 0.25) is 0 Å². The monoisotopic (exact) mass is 349 g/mol. The average molecular weight is 350 g/mol. The Labute approximate surface area is 120 Å². The van der Waals surface area contributed by atoms with Crippen LogP contribution < -0.4 is 16.4 Å². The molecule has 0 heterocycles. The lowest BCUT2D eigenvalue weighted by atomic mass is 10.1. The highest BCUT2D eigenvalue weighted by atomic mass is 79.9. The number of nitrogens with zero attached hydrogens (tertiary/aromatic N) is 1. The van der Waals surface area contributed by atoms with Gasteiger partial charge in [0.05, 0.1) is 17.0 Å². The van der Waals surface area contributed by atoms with Gasteiger partial charge in [-0.2, -0.15) is 0 Å². The number of nitrogens with two attached hydrogens (primary N) is 2. The quantitative estimate of drug-likeness (QED) is 0.757. The van der Waals surface area contributed by atoms with E-state index in [-0.39, 0.29) is 17.0 Å². The lowest BCUT2D eigenvalue weighted by Crippen LogP contribution is -2.26. The third kappa shape index (κ3) is 4.39. The van der Waals surface area contributed by atoms with Gasteiger partial charge in [0.15, 0.2) is 0 Å². The molecule has 6 nitrogen and oxygen atoms in total. The molecule has 0 saturated heterocycles. The van der Waals surface area contributed by atoms with E-state index in [4.69, 9.17) is 11.5 Å². The standard InChI is InChI=1S/C11H16BrN3O3S/c1-15(3-4-19(2,17)18)10-5-7(11(14)16)9(13)6-8(10)12/h5-6H,3-4,13H2,1-2H3,(H2,14,16). The predicted octanol–water partition coefficient (Wildman–Crippen LogP) is 0.611. The number of primary amides is 1. The summed E-state index contributed by atoms with van der Waals surface area (Å²) in [7, 11) is -1.32. The minimum atomic E-state index is -3.05. The third-order valence-electron chi connectivity index (χ3n) is 2.59. The molecule has 0 radical (unpaired) electrons. The van der Waals surface area contributed by atoms with Gasteiger partial charge in [0, 0.05) is 30.0 Å². The molecule has 0 unspecified atom stereocenters. The van der Waals surface area contributed by atoms with Gasteiger partial charge < -0.3 is 16.4 Å². The molecule has 19 heavy (non-hydrogen) atoms. The number of carbonyl (C=O) groups is 1. The van der Waals surface area contributed by atoms with Gasteiger partial charge in [-0.05, 0) is 28.1 Å². The van der Waals surface area contributed by atoms with Crippen molar-refractivity contribution < 1.29 is 13.2 Å². The Morgan fingerprint density at radius 1 is 1.42 bits per heavy atom. The molecular weight excluding hydrogens is 334 g/mol. The number of halogens is 1. The van der Waals surface area contributed by atoms with Crippen molar-refractivity contribution in [3.05, 3.63) is 22.2 Å². The highest BCUT2D eigenvalue weighted by Gasteiger charge is 2.14. The SMILES string of the molecule is CN(CCS(C)(=O)=O)c1cc(C(N)=O)c(N)cc1Br. The van der Waals surface area contributed by atoms with Crippen molar-refractivity contribution in [2.75, 3.05) is 36.2 Å². The fraction of sp³-hybridized carbons (Fsp3) is 0.364. The van der Waals surface area contributed by atoms with Crippen LogP contribution >= 0.6 is 15.9 Å². The van der Waals surface area contributed by atoms with E-state index in [2.05, 4.69) is 15.9 Å². The second-order valence-corrected chi connectivity index (χ2v) is 7.42. The first-order chi connectivity index (χ1) is 8.61. The molecule has 0 aliphatic rings. The second-order valence-electron chi connectivity index (χ2n) is 4.31. The molecule has 4 N–H and O–H groups in total. The summed E-state index contributed by atoms with van der Waals surface area (Å²) in [6.45, 7) is 0.305. The molecule has 0 spiro atoms. The van der Waals surface area contributed by atoms with Crippen LogP contribution in [0.25, 0.3) is 0 Å². The van der Waals surface area contributed by atoms with E-state index in [9.17, 15) is 13.2 Å². The van der Waals surface area contributed by atoms with Crippen molar-refractivity contribution in [3.63, 3.8) is 0 Å². The zero-order valence-electron chi connectivity index (χ0n) is 10.7. The van der Waals surface area contributed by atoms with Crippen LogP contribution in [0.4, 0.5) is 11.4 Å². The third-order valence-corrected chi connectivity index (χ3v) is 4.15. The summed E-state index contributed by atoms with van der Waals surface area (Å²) in [5, 5.41) is 0. The molecule has 8 heteroatoms. The molecule has 1 rings (SSSR count). The Kier molecular flexibility index (Phi) is 4.81. The molecule has 0 bridgehead atoms. The van der Waals surface area contributed by atoms with Crippen LogP contribution in [0.15, 0.2) is 16.6 Å². The van der Waals surface area contributed by atoms with Crippen molar-refractivity contribution in [1.29, 1.82) is 0 Å². The van der Waals surface area contributed by atoms with Crippen molar-refractivity contribution in [2.45, 2.75) is 0 Å². The van der Waals surface area contributed by atoms with E-state index in [1.807, 2.05) is 0 Å². The minimum Gasteiger partial charge on any atom is -0.398 e. The number of rotatable bonds is 5. The molecule has 0 aliphatic heterocycles. The summed E-state index contributed by atoms with van der Waals surface area (Å²) >= 11 is 3.33. The Balaban J connectivity index is 3.06. The van der Waals surface area contributed by atoms with Gasteiger partial charge >= 0.3 is 0 Å². The molecule has 0 aliphatic carbocycles. The summed E-state index contributed by atoms with van der Waals surface area (Å²) in [4.78, 5) is 13.0. The van der Waals surface area contributed by atoms with Crippen molar-refractivity contribution in [2.24, 2.45) is 5.73 Å². The Bertz CT molecular complexity index is 601. The first kappa shape index (κ1) is 15.8. The van der Waals surface area contributed by atoms with Crippen LogP contribution in [-0.4, -0.2) is 39.9 Å². The summed E-state index contributed by atoms with van der Waals surface area (Å²) in [6, 6.07) is 3.12. The zero-order valence-corrected chi connectivity index (χ0v) is 13.1. The lowest BCUT2D eigenvalue weighted by Gasteiger charge is -2.21. The zero-order chi connectivity index (χ0) is 14.8. The summed E-state index contributed by atoms with van der Waals surface area (Å²) in [5.74, 6) is -0.602. The second kappa shape index (κ2) is 5.79. The number of hydrogen-bond acceptors (Lipinski definition) is 5. The van der Waals surface area contributed by atoms with Crippen molar-refractivity contribution in [3.8, 4) is 0 Å². The number of nitrogen functional groups attached to an aromatic ring is 1. The Morgan fingerprint density at radius 2 is 2.00 bits per heavy atom. The molecule has 1 aromatic carbocycles. The van der Waals surface area contributed by atoms with E-state index in [0.717, 1.165) is 0 Å². The van der Waals surface area contributed by atoms with Crippen LogP contribution in [-0.2, 0) is 9.84 Å². The predicted molar refractivity (Wildman–Crippen MR) is 80.1 cm³/mol. The van der Waals surface area contributed by atoms with E-state index in [1.165, 1.54) is 6.26 Å². The largest absolute Gasteiger partial charge is 0.398 e. The van der Waals surface area contributed by atoms with Gasteiger partial charge in [0.25, 0.3) is 5.91 Å². The number of benzene rings is 1. The van der Waals surface area contributed by atoms with Gasteiger partial charge in [-0.1, -0.05) is 0 Å². The molecule has 1 amide bonds. The normalized spacial score (nSPS) is 11.3. The highest BCUT2D eigenvalue weighted by molar-refractivity contribution is 9.10. The number of hydrogen-bond donors (Lipinski definition) is 2. The Morgan fingerprint density at radius 3 is 2.47 bits per heavy atom. The molecule has 0 saturated carbocycles. The van der Waals surface area contributed by atoms with Gasteiger partial charge in [-0.25, -0.2) is 8.42 Å². The molecule has 1 aromatic rings. The van der Waals surface area contributed by atoms with Gasteiger partial charge in [-0.15, -0.1) is 0 Å². The fourth-order valence-corrected chi connectivity index (χ4v) is 2.78. The van der Waals surface area contributed by atoms with E-state index >= 15 is 0 Å².